The van der Waals surface area contributed by atoms with E-state index in [4.69, 9.17) is 15.3 Å². The van der Waals surface area contributed by atoms with E-state index in [1.54, 1.807) is 19.5 Å². The van der Waals surface area contributed by atoms with Gasteiger partial charge < -0.3 is 9.47 Å². The molecule has 0 radical (unpaired) electrons. The molecule has 1 fully saturated rings. The lowest BCUT2D eigenvalue weighted by Crippen LogP contribution is -2.34. The van der Waals surface area contributed by atoms with E-state index in [0.29, 0.717) is 18.4 Å². The van der Waals surface area contributed by atoms with Crippen LogP contribution >= 0.6 is 0 Å². The van der Waals surface area contributed by atoms with Crippen LogP contribution in [-0.2, 0) is 4.74 Å². The van der Waals surface area contributed by atoms with Gasteiger partial charge in [-0.1, -0.05) is 0 Å². The SMILES string of the molecule is COc1nccnc1C(NN)C1CCOC1. The van der Waals surface area contributed by atoms with E-state index in [2.05, 4.69) is 15.4 Å². The van der Waals surface area contributed by atoms with E-state index >= 15 is 0 Å². The Morgan fingerprint density at radius 2 is 2.38 bits per heavy atom. The molecule has 0 amide bonds. The molecule has 2 atom stereocenters. The van der Waals surface area contributed by atoms with Crippen molar-refractivity contribution in [3.05, 3.63) is 18.1 Å². The van der Waals surface area contributed by atoms with Crippen molar-refractivity contribution in [2.45, 2.75) is 12.5 Å². The molecule has 6 nitrogen and oxygen atoms in total. The Bertz CT molecular complexity index is 341. The number of hydrogen-bond donors (Lipinski definition) is 2. The molecule has 0 spiro atoms. The maximum absolute atomic E-state index is 5.58. The Kier molecular flexibility index (Phi) is 3.66. The number of rotatable bonds is 4. The van der Waals surface area contributed by atoms with Crippen molar-refractivity contribution in [2.75, 3.05) is 20.3 Å². The average Bonchev–Trinajstić information content (AvgIpc) is 2.84. The first-order chi connectivity index (χ1) is 7.86. The van der Waals surface area contributed by atoms with E-state index < -0.39 is 0 Å². The first-order valence-corrected chi connectivity index (χ1v) is 5.25. The molecule has 0 saturated carbocycles. The van der Waals surface area contributed by atoms with Crippen LogP contribution in [0.1, 0.15) is 18.2 Å². The fourth-order valence-electron chi connectivity index (χ4n) is 1.96. The number of hydrazine groups is 1. The van der Waals surface area contributed by atoms with E-state index in [-0.39, 0.29) is 6.04 Å². The van der Waals surface area contributed by atoms with E-state index in [0.717, 1.165) is 18.7 Å². The molecule has 1 aromatic rings. The molecule has 2 unspecified atom stereocenters. The third-order valence-electron chi connectivity index (χ3n) is 2.80. The largest absolute Gasteiger partial charge is 0.480 e. The molecular formula is C10H16N4O2. The summed E-state index contributed by atoms with van der Waals surface area (Å²) >= 11 is 0. The van der Waals surface area contributed by atoms with Crippen LogP contribution < -0.4 is 16.0 Å². The first-order valence-electron chi connectivity index (χ1n) is 5.25. The average molecular weight is 224 g/mol. The summed E-state index contributed by atoms with van der Waals surface area (Å²) in [6.07, 6.45) is 4.20. The number of nitrogens with zero attached hydrogens (tertiary/aromatic N) is 2. The van der Waals surface area contributed by atoms with E-state index in [1.165, 1.54) is 0 Å². The molecule has 0 aliphatic carbocycles. The van der Waals surface area contributed by atoms with Crippen molar-refractivity contribution in [1.82, 2.24) is 15.4 Å². The second-order valence-electron chi connectivity index (χ2n) is 3.72. The Labute approximate surface area is 94.1 Å². The fraction of sp³-hybridized carbons (Fsp3) is 0.600. The van der Waals surface area contributed by atoms with Crippen LogP contribution in [0.2, 0.25) is 0 Å². The Hall–Kier alpha value is -1.24. The molecule has 6 heteroatoms. The van der Waals surface area contributed by atoms with Gasteiger partial charge in [0.05, 0.1) is 19.8 Å². The molecule has 1 aliphatic rings. The van der Waals surface area contributed by atoms with Gasteiger partial charge in [0.2, 0.25) is 5.88 Å². The summed E-state index contributed by atoms with van der Waals surface area (Å²) in [7, 11) is 1.58. The van der Waals surface area contributed by atoms with Crippen molar-refractivity contribution < 1.29 is 9.47 Å². The van der Waals surface area contributed by atoms with Gasteiger partial charge in [0, 0.05) is 24.9 Å². The maximum atomic E-state index is 5.58. The van der Waals surface area contributed by atoms with Gasteiger partial charge in [0.15, 0.2) is 0 Å². The van der Waals surface area contributed by atoms with Crippen LogP contribution in [0.3, 0.4) is 0 Å². The predicted octanol–water partition coefficient (Wildman–Crippen LogP) is 0.0261. The molecule has 2 heterocycles. The van der Waals surface area contributed by atoms with Gasteiger partial charge in [-0.2, -0.15) is 0 Å². The molecular weight excluding hydrogens is 208 g/mol. The molecule has 1 saturated heterocycles. The molecule has 3 N–H and O–H groups in total. The zero-order valence-corrected chi connectivity index (χ0v) is 9.22. The molecule has 1 aliphatic heterocycles. The highest BCUT2D eigenvalue weighted by Crippen LogP contribution is 2.30. The zero-order chi connectivity index (χ0) is 11.4. The number of nitrogens with two attached hydrogens (primary N) is 1. The van der Waals surface area contributed by atoms with Crippen LogP contribution in [0.5, 0.6) is 5.88 Å². The van der Waals surface area contributed by atoms with E-state index in [1.807, 2.05) is 0 Å². The van der Waals surface area contributed by atoms with Crippen molar-refractivity contribution in [3.8, 4) is 5.88 Å². The quantitative estimate of drug-likeness (QED) is 0.554. The van der Waals surface area contributed by atoms with Crippen molar-refractivity contribution in [2.24, 2.45) is 11.8 Å². The number of ether oxygens (including phenoxy) is 2. The molecule has 88 valence electrons. The maximum Gasteiger partial charge on any atom is 0.237 e. The number of hydrogen-bond acceptors (Lipinski definition) is 6. The van der Waals surface area contributed by atoms with Gasteiger partial charge in [0.25, 0.3) is 0 Å². The smallest absolute Gasteiger partial charge is 0.237 e. The standard InChI is InChI=1S/C10H16N4O2/c1-15-10-9(12-3-4-13-10)8(14-11)7-2-5-16-6-7/h3-4,7-8,14H,2,5-6,11H2,1H3. The highest BCUT2D eigenvalue weighted by atomic mass is 16.5. The van der Waals surface area contributed by atoms with Crippen molar-refractivity contribution >= 4 is 0 Å². The van der Waals surface area contributed by atoms with Gasteiger partial charge in [-0.05, 0) is 6.42 Å². The van der Waals surface area contributed by atoms with Crippen molar-refractivity contribution in [1.29, 1.82) is 0 Å². The Morgan fingerprint density at radius 1 is 1.56 bits per heavy atom. The second-order valence-corrected chi connectivity index (χ2v) is 3.72. The zero-order valence-electron chi connectivity index (χ0n) is 9.22. The predicted molar refractivity (Wildman–Crippen MR) is 57.6 cm³/mol. The number of methoxy groups -OCH3 is 1. The molecule has 0 aromatic carbocycles. The van der Waals surface area contributed by atoms with Gasteiger partial charge in [-0.25, -0.2) is 4.98 Å². The minimum absolute atomic E-state index is 0.0776. The number of aromatic nitrogens is 2. The minimum Gasteiger partial charge on any atom is -0.480 e. The highest BCUT2D eigenvalue weighted by molar-refractivity contribution is 5.22. The molecule has 16 heavy (non-hydrogen) atoms. The number of nitrogens with one attached hydrogen (secondary N) is 1. The lowest BCUT2D eigenvalue weighted by atomic mass is 9.97. The third kappa shape index (κ3) is 2.13. The summed E-state index contributed by atoms with van der Waals surface area (Å²) in [5.41, 5.74) is 3.51. The van der Waals surface area contributed by atoms with Crippen LogP contribution in [-0.4, -0.2) is 30.3 Å². The third-order valence-corrected chi connectivity index (χ3v) is 2.80. The van der Waals surface area contributed by atoms with Crippen LogP contribution in [0.4, 0.5) is 0 Å². The topological polar surface area (TPSA) is 82.3 Å². The Balaban J connectivity index is 2.24. The molecule has 2 rings (SSSR count). The van der Waals surface area contributed by atoms with E-state index in [9.17, 15) is 0 Å². The fourth-order valence-corrected chi connectivity index (χ4v) is 1.96. The lowest BCUT2D eigenvalue weighted by Gasteiger charge is -2.21. The van der Waals surface area contributed by atoms with Crippen molar-refractivity contribution in [3.63, 3.8) is 0 Å². The van der Waals surface area contributed by atoms with Crippen LogP contribution in [0.25, 0.3) is 0 Å². The summed E-state index contributed by atoms with van der Waals surface area (Å²) in [6.45, 7) is 1.46. The normalized spacial score (nSPS) is 22.0. The molecule has 0 bridgehead atoms. The minimum atomic E-state index is -0.0776. The van der Waals surface area contributed by atoms with Gasteiger partial charge in [-0.3, -0.25) is 16.3 Å². The van der Waals surface area contributed by atoms with Crippen LogP contribution in [0, 0.1) is 5.92 Å². The summed E-state index contributed by atoms with van der Waals surface area (Å²) < 4.78 is 10.5. The summed E-state index contributed by atoms with van der Waals surface area (Å²) in [5, 5.41) is 0. The summed E-state index contributed by atoms with van der Waals surface area (Å²) in [4.78, 5) is 8.40. The molecule has 1 aromatic heterocycles. The first kappa shape index (κ1) is 11.3. The lowest BCUT2D eigenvalue weighted by molar-refractivity contribution is 0.175. The van der Waals surface area contributed by atoms with Crippen LogP contribution in [0.15, 0.2) is 12.4 Å². The summed E-state index contributed by atoms with van der Waals surface area (Å²) in [5.74, 6) is 6.41. The van der Waals surface area contributed by atoms with Gasteiger partial charge >= 0.3 is 0 Å². The van der Waals surface area contributed by atoms with Gasteiger partial charge in [0.1, 0.15) is 5.69 Å². The second kappa shape index (κ2) is 5.20. The summed E-state index contributed by atoms with van der Waals surface area (Å²) in [6, 6.07) is -0.0776. The van der Waals surface area contributed by atoms with Gasteiger partial charge in [-0.15, -0.1) is 0 Å². The Morgan fingerprint density at radius 3 is 3.00 bits per heavy atom. The monoisotopic (exact) mass is 224 g/mol. The highest BCUT2D eigenvalue weighted by Gasteiger charge is 2.29.